The van der Waals surface area contributed by atoms with Crippen LogP contribution in [-0.2, 0) is 11.0 Å². The van der Waals surface area contributed by atoms with Crippen molar-refractivity contribution in [1.82, 2.24) is 14.9 Å². The van der Waals surface area contributed by atoms with Gasteiger partial charge >= 0.3 is 18.7 Å². The molecular weight excluding hydrogens is 343 g/mol. The summed E-state index contributed by atoms with van der Waals surface area (Å²) < 4.78 is 11.6. The van der Waals surface area contributed by atoms with E-state index in [1.54, 1.807) is 0 Å². The molecule has 1 aromatic carbocycles. The Bertz CT molecular complexity index is 958. The molecule has 130 valence electrons. The summed E-state index contributed by atoms with van der Waals surface area (Å²) in [6.07, 6.45) is -0.266. The number of nitro benzene ring substituents is 1. The topological polar surface area (TPSA) is 170 Å². The summed E-state index contributed by atoms with van der Waals surface area (Å²) in [4.78, 5) is 58.0. The molecule has 0 fully saturated rings. The minimum atomic E-state index is -4.54. The molecule has 0 aliphatic carbocycles. The van der Waals surface area contributed by atoms with Gasteiger partial charge in [-0.15, -0.1) is 0 Å². The standard InChI is InChI=1S/C12H15N4O7P/c1-15(2)9(24(21,22)23)4-6-3-7(16(19)20)5-8-10(6)14-12(18)11(17)13-8/h3,5,9H,4H2,1-2H3,(H,13,17)(H,14,18)(H2,21,22,23)/t9-/m1/s1. The molecular formula is C12H15N4O7P. The Morgan fingerprint density at radius 1 is 1.25 bits per heavy atom. The van der Waals surface area contributed by atoms with Crippen LogP contribution in [0.1, 0.15) is 5.56 Å². The Morgan fingerprint density at radius 2 is 1.83 bits per heavy atom. The monoisotopic (exact) mass is 358 g/mol. The van der Waals surface area contributed by atoms with Crippen molar-refractivity contribution in [1.29, 1.82) is 0 Å². The van der Waals surface area contributed by atoms with Crippen LogP contribution >= 0.6 is 7.60 Å². The highest BCUT2D eigenvalue weighted by Crippen LogP contribution is 2.44. The molecule has 0 saturated heterocycles. The molecule has 12 heteroatoms. The van der Waals surface area contributed by atoms with E-state index in [4.69, 9.17) is 0 Å². The van der Waals surface area contributed by atoms with Gasteiger partial charge in [0, 0.05) is 18.6 Å². The van der Waals surface area contributed by atoms with E-state index < -0.39 is 29.4 Å². The third-order valence-electron chi connectivity index (χ3n) is 3.50. The van der Waals surface area contributed by atoms with Gasteiger partial charge in [0.1, 0.15) is 5.78 Å². The molecule has 0 amide bonds. The molecule has 0 bridgehead atoms. The lowest BCUT2D eigenvalue weighted by atomic mass is 10.1. The second kappa shape index (κ2) is 6.29. The fourth-order valence-electron chi connectivity index (χ4n) is 2.35. The largest absolute Gasteiger partial charge is 0.342 e. The zero-order valence-corrected chi connectivity index (χ0v) is 13.6. The molecule has 1 heterocycles. The van der Waals surface area contributed by atoms with Crippen LogP contribution in [0.25, 0.3) is 11.0 Å². The van der Waals surface area contributed by atoms with Crippen molar-refractivity contribution in [2.24, 2.45) is 0 Å². The van der Waals surface area contributed by atoms with Crippen molar-refractivity contribution in [2.75, 3.05) is 14.1 Å². The minimum absolute atomic E-state index is 0.00650. The number of nitrogens with zero attached hydrogens (tertiary/aromatic N) is 2. The lowest BCUT2D eigenvalue weighted by Crippen LogP contribution is -2.31. The smallest absolute Gasteiger partial charge is 0.323 e. The van der Waals surface area contributed by atoms with Crippen molar-refractivity contribution >= 4 is 24.3 Å². The van der Waals surface area contributed by atoms with Crippen molar-refractivity contribution in [3.05, 3.63) is 48.5 Å². The van der Waals surface area contributed by atoms with Gasteiger partial charge in [-0.25, -0.2) is 0 Å². The number of likely N-dealkylation sites (N-methyl/N-ethyl adjacent to an activating group) is 1. The molecule has 0 radical (unpaired) electrons. The molecule has 0 aliphatic heterocycles. The minimum Gasteiger partial charge on any atom is -0.323 e. The van der Waals surface area contributed by atoms with Crippen LogP contribution in [0, 0.1) is 10.1 Å². The molecule has 11 nitrogen and oxygen atoms in total. The van der Waals surface area contributed by atoms with E-state index in [-0.39, 0.29) is 28.7 Å². The van der Waals surface area contributed by atoms with Crippen LogP contribution < -0.4 is 11.1 Å². The number of non-ortho nitro benzene ring substituents is 1. The van der Waals surface area contributed by atoms with E-state index in [2.05, 4.69) is 9.97 Å². The van der Waals surface area contributed by atoms with Crippen molar-refractivity contribution < 1.29 is 19.3 Å². The molecule has 4 N–H and O–H groups in total. The second-order valence-corrected chi connectivity index (χ2v) is 7.20. The molecule has 2 aromatic rings. The highest BCUT2D eigenvalue weighted by atomic mass is 31.2. The summed E-state index contributed by atoms with van der Waals surface area (Å²) in [5.41, 5.74) is -2.08. The van der Waals surface area contributed by atoms with Gasteiger partial charge in [0.05, 0.1) is 16.0 Å². The predicted octanol–water partition coefficient (Wildman–Crippen LogP) is -0.268. The fourth-order valence-corrected chi connectivity index (χ4v) is 3.38. The van der Waals surface area contributed by atoms with Crippen molar-refractivity contribution in [3.63, 3.8) is 0 Å². The number of nitrogens with one attached hydrogen (secondary N) is 2. The Hall–Kier alpha value is -2.33. The van der Waals surface area contributed by atoms with Gasteiger partial charge in [-0.1, -0.05) is 0 Å². The third kappa shape index (κ3) is 3.60. The summed E-state index contributed by atoms with van der Waals surface area (Å²) in [7, 11) is -1.64. The highest BCUT2D eigenvalue weighted by Gasteiger charge is 2.32. The van der Waals surface area contributed by atoms with E-state index in [0.29, 0.717) is 0 Å². The SMILES string of the molecule is CN(C)[C@@H](Cc1cc([N+](=O)[O-])cc2[nH]c(=O)c(=O)[nH]c12)P(=O)(O)O. The first-order valence-corrected chi connectivity index (χ1v) is 8.34. The molecule has 1 aromatic heterocycles. The van der Waals surface area contributed by atoms with Crippen molar-refractivity contribution in [2.45, 2.75) is 12.2 Å². The van der Waals surface area contributed by atoms with E-state index >= 15 is 0 Å². The molecule has 1 atom stereocenters. The third-order valence-corrected chi connectivity index (χ3v) is 4.92. The lowest BCUT2D eigenvalue weighted by molar-refractivity contribution is -0.384. The predicted molar refractivity (Wildman–Crippen MR) is 85.1 cm³/mol. The van der Waals surface area contributed by atoms with E-state index in [1.807, 2.05) is 0 Å². The molecule has 0 spiro atoms. The summed E-state index contributed by atoms with van der Waals surface area (Å²) in [6, 6.07) is 2.18. The van der Waals surface area contributed by atoms with E-state index in [0.717, 1.165) is 12.1 Å². The first-order chi connectivity index (χ1) is 11.0. The van der Waals surface area contributed by atoms with Crippen molar-refractivity contribution in [3.8, 4) is 0 Å². The first-order valence-electron chi connectivity index (χ1n) is 6.66. The molecule has 0 saturated carbocycles. The number of aromatic amines is 2. The first kappa shape index (κ1) is 18.0. The second-order valence-electron chi connectivity index (χ2n) is 5.43. The summed E-state index contributed by atoms with van der Waals surface area (Å²) in [6.45, 7) is 0. The number of H-pyrrole nitrogens is 2. The zero-order chi connectivity index (χ0) is 18.2. The highest BCUT2D eigenvalue weighted by molar-refractivity contribution is 7.52. The molecule has 0 unspecified atom stereocenters. The maximum Gasteiger partial charge on any atom is 0.342 e. The van der Waals surface area contributed by atoms with E-state index in [9.17, 15) is 34.1 Å². The van der Waals surface area contributed by atoms with Crippen LogP contribution in [0.4, 0.5) is 5.69 Å². The Morgan fingerprint density at radius 3 is 2.33 bits per heavy atom. The quantitative estimate of drug-likeness (QED) is 0.245. The number of hydrogen-bond donors (Lipinski definition) is 4. The van der Waals surface area contributed by atoms with E-state index in [1.165, 1.54) is 19.0 Å². The summed E-state index contributed by atoms with van der Waals surface area (Å²) >= 11 is 0. The van der Waals surface area contributed by atoms with Gasteiger partial charge in [-0.2, -0.15) is 0 Å². The average molecular weight is 358 g/mol. The number of nitro groups is 1. The zero-order valence-electron chi connectivity index (χ0n) is 12.7. The number of rotatable bonds is 5. The van der Waals surface area contributed by atoms with Crippen LogP contribution in [0.15, 0.2) is 21.7 Å². The maximum absolute atomic E-state index is 11.6. The van der Waals surface area contributed by atoms with Gasteiger partial charge in [-0.05, 0) is 19.7 Å². The summed E-state index contributed by atoms with van der Waals surface area (Å²) in [5, 5.41) is 11.0. The Balaban J connectivity index is 2.73. The van der Waals surface area contributed by atoms with Gasteiger partial charge in [0.2, 0.25) is 0 Å². The number of benzene rings is 1. The van der Waals surface area contributed by atoms with Crippen LogP contribution in [0.2, 0.25) is 0 Å². The lowest BCUT2D eigenvalue weighted by Gasteiger charge is -2.25. The Kier molecular flexibility index (Phi) is 4.72. The number of hydrogen-bond acceptors (Lipinski definition) is 6. The Labute approximate surface area is 134 Å². The number of aromatic nitrogens is 2. The summed E-state index contributed by atoms with van der Waals surface area (Å²) in [5.74, 6) is -1.25. The van der Waals surface area contributed by atoms with Crippen LogP contribution in [0.5, 0.6) is 0 Å². The maximum atomic E-state index is 11.6. The molecule has 0 aliphatic rings. The molecule has 2 rings (SSSR count). The van der Waals surface area contributed by atoms with Gasteiger partial charge in [0.15, 0.2) is 0 Å². The number of fused-ring (bicyclic) bond motifs is 1. The normalized spacial score (nSPS) is 13.4. The van der Waals surface area contributed by atoms with Gasteiger partial charge in [0.25, 0.3) is 5.69 Å². The average Bonchev–Trinajstić information content (AvgIpc) is 2.44. The fraction of sp³-hybridized carbons (Fsp3) is 0.333. The van der Waals surface area contributed by atoms with Gasteiger partial charge in [-0.3, -0.25) is 29.2 Å². The molecule has 24 heavy (non-hydrogen) atoms. The van der Waals surface area contributed by atoms with Crippen LogP contribution in [-0.4, -0.2) is 49.5 Å². The van der Waals surface area contributed by atoms with Crippen LogP contribution in [0.3, 0.4) is 0 Å². The van der Waals surface area contributed by atoms with Gasteiger partial charge < -0.3 is 19.8 Å².